The minimum absolute atomic E-state index is 0.125. The second-order valence-electron chi connectivity index (χ2n) is 5.21. The molecule has 0 saturated heterocycles. The molecular formula is C16H16N4O3S. The highest BCUT2D eigenvalue weighted by Gasteiger charge is 2.17. The molecule has 0 N–H and O–H groups in total. The second kappa shape index (κ2) is 7.33. The van der Waals surface area contributed by atoms with Crippen molar-refractivity contribution in [3.05, 3.63) is 62.7 Å². The molecular weight excluding hydrogens is 328 g/mol. The van der Waals surface area contributed by atoms with Gasteiger partial charge in [0.05, 0.1) is 11.5 Å². The molecule has 8 heteroatoms. The molecule has 0 atom stereocenters. The van der Waals surface area contributed by atoms with Gasteiger partial charge in [0.2, 0.25) is 11.7 Å². The van der Waals surface area contributed by atoms with Crippen LogP contribution in [-0.4, -0.2) is 26.5 Å². The van der Waals surface area contributed by atoms with Crippen molar-refractivity contribution in [2.75, 3.05) is 6.54 Å². The van der Waals surface area contributed by atoms with Crippen molar-refractivity contribution in [2.24, 2.45) is 0 Å². The summed E-state index contributed by atoms with van der Waals surface area (Å²) in [5.41, 5.74) is 1.72. The Bertz CT molecular complexity index is 816. The monoisotopic (exact) mass is 344 g/mol. The Morgan fingerprint density at radius 1 is 1.29 bits per heavy atom. The molecule has 7 nitrogen and oxygen atoms in total. The summed E-state index contributed by atoms with van der Waals surface area (Å²) in [7, 11) is 0. The zero-order chi connectivity index (χ0) is 16.9. The predicted octanol–water partition coefficient (Wildman–Crippen LogP) is 3.73. The van der Waals surface area contributed by atoms with Crippen LogP contribution in [0.3, 0.4) is 0 Å². The van der Waals surface area contributed by atoms with Gasteiger partial charge in [0.15, 0.2) is 0 Å². The van der Waals surface area contributed by atoms with E-state index in [1.54, 1.807) is 29.5 Å². The Labute approximate surface area is 142 Å². The first-order chi connectivity index (χ1) is 11.7. The van der Waals surface area contributed by atoms with E-state index in [1.807, 2.05) is 28.7 Å². The first-order valence-electron chi connectivity index (χ1n) is 7.47. The van der Waals surface area contributed by atoms with Gasteiger partial charge in [-0.3, -0.25) is 15.0 Å². The number of thiophene rings is 1. The molecule has 3 rings (SSSR count). The number of hydrogen-bond acceptors (Lipinski definition) is 7. The van der Waals surface area contributed by atoms with Crippen LogP contribution >= 0.6 is 11.3 Å². The Balaban J connectivity index is 1.73. The molecule has 0 aliphatic carbocycles. The summed E-state index contributed by atoms with van der Waals surface area (Å²) in [5.74, 6) is 1.06. The number of nitrogens with zero attached hydrogens (tertiary/aromatic N) is 4. The molecule has 0 amide bonds. The minimum atomic E-state index is -0.357. The van der Waals surface area contributed by atoms with Gasteiger partial charge in [-0.2, -0.15) is 16.3 Å². The number of nitro groups is 1. The van der Waals surface area contributed by atoms with Crippen molar-refractivity contribution in [1.82, 2.24) is 15.0 Å². The van der Waals surface area contributed by atoms with E-state index in [1.165, 1.54) is 6.07 Å². The second-order valence-corrected chi connectivity index (χ2v) is 5.99. The van der Waals surface area contributed by atoms with Crippen molar-refractivity contribution in [1.29, 1.82) is 0 Å². The average molecular weight is 344 g/mol. The molecule has 0 bridgehead atoms. The molecule has 0 aliphatic heterocycles. The third-order valence-corrected chi connectivity index (χ3v) is 4.32. The third kappa shape index (κ3) is 3.66. The number of aromatic nitrogens is 2. The Hall–Kier alpha value is -2.58. The molecule has 2 aromatic heterocycles. The van der Waals surface area contributed by atoms with E-state index in [-0.39, 0.29) is 10.6 Å². The van der Waals surface area contributed by atoms with Crippen LogP contribution in [0.25, 0.3) is 11.4 Å². The Morgan fingerprint density at radius 3 is 2.83 bits per heavy atom. The van der Waals surface area contributed by atoms with Gasteiger partial charge in [-0.05, 0) is 18.0 Å². The number of hydrogen-bond donors (Lipinski definition) is 0. The standard InChI is InChI=1S/C16H16N4O3S/c1-2-19(9-12-5-3-4-6-14(12)20(21)22)10-15-17-16(18-23-15)13-7-8-24-11-13/h3-8,11H,2,9-10H2,1H3. The summed E-state index contributed by atoms with van der Waals surface area (Å²) in [5, 5.41) is 19.0. The summed E-state index contributed by atoms with van der Waals surface area (Å²) < 4.78 is 5.30. The fourth-order valence-electron chi connectivity index (χ4n) is 2.36. The van der Waals surface area contributed by atoms with Crippen LogP contribution in [0.1, 0.15) is 18.4 Å². The van der Waals surface area contributed by atoms with Gasteiger partial charge in [0.1, 0.15) is 0 Å². The van der Waals surface area contributed by atoms with E-state index in [2.05, 4.69) is 10.1 Å². The normalized spacial score (nSPS) is 11.1. The fraction of sp³-hybridized carbons (Fsp3) is 0.250. The van der Waals surface area contributed by atoms with Gasteiger partial charge >= 0.3 is 0 Å². The lowest BCUT2D eigenvalue weighted by atomic mass is 10.1. The molecule has 0 fully saturated rings. The maximum absolute atomic E-state index is 11.1. The van der Waals surface area contributed by atoms with Crippen molar-refractivity contribution in [3.8, 4) is 11.4 Å². The largest absolute Gasteiger partial charge is 0.338 e. The average Bonchev–Trinajstić information content (AvgIpc) is 3.25. The smallest absolute Gasteiger partial charge is 0.273 e. The van der Waals surface area contributed by atoms with Crippen LogP contribution in [0, 0.1) is 10.1 Å². The van der Waals surface area contributed by atoms with E-state index in [9.17, 15) is 10.1 Å². The first kappa shape index (κ1) is 16.3. The number of nitro benzene ring substituents is 1. The molecule has 0 saturated carbocycles. The molecule has 0 unspecified atom stereocenters. The topological polar surface area (TPSA) is 85.3 Å². The SMILES string of the molecule is CCN(Cc1nc(-c2ccsc2)no1)Cc1ccccc1[N+](=O)[O-]. The summed E-state index contributed by atoms with van der Waals surface area (Å²) in [6, 6.07) is 8.70. The van der Waals surface area contributed by atoms with Crippen molar-refractivity contribution < 1.29 is 9.45 Å². The van der Waals surface area contributed by atoms with Crippen LogP contribution in [-0.2, 0) is 13.1 Å². The van der Waals surface area contributed by atoms with Crippen molar-refractivity contribution >= 4 is 17.0 Å². The van der Waals surface area contributed by atoms with Crippen LogP contribution in [0.15, 0.2) is 45.6 Å². The van der Waals surface area contributed by atoms with Gasteiger partial charge < -0.3 is 4.52 Å². The number of rotatable bonds is 7. The molecule has 0 radical (unpaired) electrons. The molecule has 1 aromatic carbocycles. The van der Waals surface area contributed by atoms with Gasteiger partial charge in [-0.1, -0.05) is 30.3 Å². The molecule has 24 heavy (non-hydrogen) atoms. The highest BCUT2D eigenvalue weighted by atomic mass is 32.1. The molecule has 0 spiro atoms. The van der Waals surface area contributed by atoms with Gasteiger partial charge in [0, 0.05) is 29.1 Å². The zero-order valence-electron chi connectivity index (χ0n) is 13.1. The Morgan fingerprint density at radius 2 is 2.12 bits per heavy atom. The van der Waals surface area contributed by atoms with E-state index in [0.29, 0.717) is 36.9 Å². The van der Waals surface area contributed by atoms with E-state index >= 15 is 0 Å². The highest BCUT2D eigenvalue weighted by molar-refractivity contribution is 7.08. The maximum Gasteiger partial charge on any atom is 0.273 e. The van der Waals surface area contributed by atoms with Crippen LogP contribution in [0.2, 0.25) is 0 Å². The van der Waals surface area contributed by atoms with Crippen molar-refractivity contribution in [2.45, 2.75) is 20.0 Å². The maximum atomic E-state index is 11.1. The number of benzene rings is 1. The zero-order valence-corrected chi connectivity index (χ0v) is 13.9. The number of para-hydroxylation sites is 1. The van der Waals surface area contributed by atoms with E-state index < -0.39 is 0 Å². The summed E-state index contributed by atoms with van der Waals surface area (Å²) in [6.45, 7) is 3.59. The molecule has 2 heterocycles. The minimum Gasteiger partial charge on any atom is -0.338 e. The van der Waals surface area contributed by atoms with Crippen LogP contribution in [0.5, 0.6) is 0 Å². The van der Waals surface area contributed by atoms with E-state index in [4.69, 9.17) is 4.52 Å². The van der Waals surface area contributed by atoms with E-state index in [0.717, 1.165) is 5.56 Å². The lowest BCUT2D eigenvalue weighted by Gasteiger charge is -2.18. The Kier molecular flexibility index (Phi) is 4.97. The van der Waals surface area contributed by atoms with Gasteiger partial charge in [-0.15, -0.1) is 0 Å². The molecule has 0 aliphatic rings. The van der Waals surface area contributed by atoms with Crippen molar-refractivity contribution in [3.63, 3.8) is 0 Å². The fourth-order valence-corrected chi connectivity index (χ4v) is 3.00. The summed E-state index contributed by atoms with van der Waals surface area (Å²) >= 11 is 1.57. The first-order valence-corrected chi connectivity index (χ1v) is 8.41. The lowest BCUT2D eigenvalue weighted by molar-refractivity contribution is -0.385. The molecule has 3 aromatic rings. The highest BCUT2D eigenvalue weighted by Crippen LogP contribution is 2.22. The third-order valence-electron chi connectivity index (χ3n) is 3.64. The van der Waals surface area contributed by atoms with Gasteiger partial charge in [0.25, 0.3) is 5.69 Å². The van der Waals surface area contributed by atoms with Crippen LogP contribution in [0.4, 0.5) is 5.69 Å². The summed E-state index contributed by atoms with van der Waals surface area (Å²) in [6.07, 6.45) is 0. The predicted molar refractivity (Wildman–Crippen MR) is 90.5 cm³/mol. The van der Waals surface area contributed by atoms with Crippen LogP contribution < -0.4 is 0 Å². The van der Waals surface area contributed by atoms with Gasteiger partial charge in [-0.25, -0.2) is 0 Å². The quantitative estimate of drug-likeness (QED) is 0.479. The lowest BCUT2D eigenvalue weighted by Crippen LogP contribution is -2.23. The molecule has 124 valence electrons. The summed E-state index contributed by atoms with van der Waals surface area (Å²) in [4.78, 5) is 17.2.